The first-order valence-electron chi connectivity index (χ1n) is 13.8. The molecule has 41 heavy (non-hydrogen) atoms. The van der Waals surface area contributed by atoms with Gasteiger partial charge in [-0.1, -0.05) is 37.8 Å². The van der Waals surface area contributed by atoms with Gasteiger partial charge in [-0.25, -0.2) is 18.4 Å². The summed E-state index contributed by atoms with van der Waals surface area (Å²) in [5.74, 6) is 0.678. The Morgan fingerprint density at radius 3 is 2.68 bits per heavy atom. The van der Waals surface area contributed by atoms with E-state index in [9.17, 15) is 18.8 Å². The molecule has 1 N–H and O–H groups in total. The third kappa shape index (κ3) is 6.48. The van der Waals surface area contributed by atoms with Gasteiger partial charge in [0.05, 0.1) is 40.1 Å². The lowest BCUT2D eigenvalue weighted by Gasteiger charge is -2.17. The van der Waals surface area contributed by atoms with Gasteiger partial charge in [0.15, 0.2) is 0 Å². The highest BCUT2D eigenvalue weighted by atomic mass is 28.3. The molecule has 4 aromatic rings. The highest BCUT2D eigenvalue weighted by Crippen LogP contribution is 2.29. The van der Waals surface area contributed by atoms with E-state index in [1.807, 2.05) is 28.8 Å². The Kier molecular flexibility index (Phi) is 8.49. The highest BCUT2D eigenvalue weighted by molar-refractivity contribution is 6.76. The molecule has 5 rings (SSSR count). The summed E-state index contributed by atoms with van der Waals surface area (Å²) in [5.41, 5.74) is 1.83. The molecule has 1 atom stereocenters. The van der Waals surface area contributed by atoms with Crippen LogP contribution in [0, 0.1) is 11.3 Å². The number of fused-ring (bicyclic) bond motifs is 2. The molecule has 0 bridgehead atoms. The van der Waals surface area contributed by atoms with Crippen molar-refractivity contribution in [3.63, 3.8) is 0 Å². The van der Waals surface area contributed by atoms with E-state index in [1.165, 1.54) is 6.07 Å². The molecule has 2 aromatic heterocycles. The Morgan fingerprint density at radius 1 is 1.22 bits per heavy atom. The summed E-state index contributed by atoms with van der Waals surface area (Å²) < 4.78 is 40.5. The van der Waals surface area contributed by atoms with Crippen LogP contribution in [0.5, 0.6) is 5.75 Å². The van der Waals surface area contributed by atoms with E-state index in [4.69, 9.17) is 19.6 Å². The molecule has 1 fully saturated rings. The maximum Gasteiger partial charge on any atom is 0.274 e. The summed E-state index contributed by atoms with van der Waals surface area (Å²) in [7, 11) is -1.32. The number of imidazole rings is 1. The van der Waals surface area contributed by atoms with Gasteiger partial charge >= 0.3 is 0 Å². The molecule has 0 radical (unpaired) electrons. The molecular weight excluding hydrogens is 546 g/mol. The van der Waals surface area contributed by atoms with Gasteiger partial charge in [-0.05, 0) is 31.1 Å². The fourth-order valence-corrected chi connectivity index (χ4v) is 5.78. The Hall–Kier alpha value is -3.66. The number of alkyl halides is 2. The lowest BCUT2D eigenvalue weighted by molar-refractivity contribution is 0.0818. The molecule has 216 valence electrons. The minimum absolute atomic E-state index is 0.0395. The van der Waals surface area contributed by atoms with E-state index < -0.39 is 21.1 Å². The van der Waals surface area contributed by atoms with Crippen molar-refractivity contribution in [1.29, 1.82) is 5.26 Å². The summed E-state index contributed by atoms with van der Waals surface area (Å²) in [6.07, 6.45) is -1.57. The number of aromatic nitrogens is 4. The van der Waals surface area contributed by atoms with Gasteiger partial charge < -0.3 is 19.4 Å². The largest absolute Gasteiger partial charge is 0.486 e. The van der Waals surface area contributed by atoms with Crippen molar-refractivity contribution in [3.05, 3.63) is 63.8 Å². The number of hydrogen-bond donors (Lipinski definition) is 1. The minimum atomic E-state index is -2.67. The quantitative estimate of drug-likeness (QED) is 0.202. The average Bonchev–Trinajstić information content (AvgIpc) is 3.58. The van der Waals surface area contributed by atoms with Crippen molar-refractivity contribution in [2.45, 2.75) is 57.7 Å². The predicted octanol–water partition coefficient (Wildman–Crippen LogP) is 4.70. The Morgan fingerprint density at radius 2 is 2.00 bits per heavy atom. The number of benzene rings is 2. The Bertz CT molecular complexity index is 1650. The van der Waals surface area contributed by atoms with E-state index in [0.717, 1.165) is 24.4 Å². The Balaban J connectivity index is 1.59. The third-order valence-electron chi connectivity index (χ3n) is 7.24. The van der Waals surface area contributed by atoms with Crippen LogP contribution >= 0.6 is 0 Å². The van der Waals surface area contributed by atoms with E-state index in [0.29, 0.717) is 47.5 Å². The number of nitriles is 1. The lowest BCUT2D eigenvalue weighted by atomic mass is 10.1. The first-order chi connectivity index (χ1) is 19.6. The fourth-order valence-electron chi connectivity index (χ4n) is 5.02. The van der Waals surface area contributed by atoms with E-state index >= 15 is 0 Å². The Labute approximate surface area is 237 Å². The van der Waals surface area contributed by atoms with Crippen LogP contribution in [0.1, 0.15) is 29.5 Å². The van der Waals surface area contributed by atoms with Crippen LogP contribution in [-0.2, 0) is 17.9 Å². The number of ether oxygens (including phenoxy) is 2. The standard InChI is InChI=1S/C29H34F2N6O3Si/c1-41(2,3)11-10-39-18-36-25-12-19(15-32)26(40-17-27(30)31)13-24(25)34-28(36)14-23-21-6-4-5-7-22(21)29(38)37(35-23)20-8-9-33-16-20/h4-7,12-13,20,27,33H,8-11,14,16-18H2,1-3H3. The third-order valence-corrected chi connectivity index (χ3v) is 8.95. The van der Waals surface area contributed by atoms with Gasteiger partial charge in [-0.15, -0.1) is 0 Å². The van der Waals surface area contributed by atoms with Gasteiger partial charge in [0, 0.05) is 32.7 Å². The molecule has 0 aliphatic carbocycles. The molecule has 1 aliphatic rings. The molecule has 1 unspecified atom stereocenters. The first kappa shape index (κ1) is 28.9. The molecule has 1 aliphatic heterocycles. The van der Waals surface area contributed by atoms with E-state index in [-0.39, 0.29) is 29.6 Å². The summed E-state index contributed by atoms with van der Waals surface area (Å²) >= 11 is 0. The van der Waals surface area contributed by atoms with Gasteiger partial charge in [0.2, 0.25) is 0 Å². The molecular formula is C29H34F2N6O3Si. The molecule has 0 spiro atoms. The number of nitrogens with zero attached hydrogens (tertiary/aromatic N) is 5. The minimum Gasteiger partial charge on any atom is -0.486 e. The highest BCUT2D eigenvalue weighted by Gasteiger charge is 2.23. The molecule has 0 amide bonds. The van der Waals surface area contributed by atoms with Crippen molar-refractivity contribution in [1.82, 2.24) is 24.6 Å². The van der Waals surface area contributed by atoms with Crippen LogP contribution in [0.15, 0.2) is 41.2 Å². The van der Waals surface area contributed by atoms with Crippen molar-refractivity contribution >= 4 is 29.9 Å². The molecule has 1 saturated heterocycles. The topological polar surface area (TPSA) is 107 Å². The van der Waals surface area contributed by atoms with Gasteiger partial charge in [0.1, 0.15) is 31.0 Å². The van der Waals surface area contributed by atoms with E-state index in [2.05, 4.69) is 31.0 Å². The monoisotopic (exact) mass is 580 g/mol. The van der Waals surface area contributed by atoms with Crippen LogP contribution in [0.2, 0.25) is 25.7 Å². The molecule has 0 saturated carbocycles. The zero-order chi connectivity index (χ0) is 29.1. The van der Waals surface area contributed by atoms with Crippen LogP contribution in [0.25, 0.3) is 21.8 Å². The lowest BCUT2D eigenvalue weighted by Crippen LogP contribution is -2.30. The maximum absolute atomic E-state index is 13.3. The number of rotatable bonds is 11. The second kappa shape index (κ2) is 12.1. The van der Waals surface area contributed by atoms with Crippen molar-refractivity contribution in [2.24, 2.45) is 0 Å². The van der Waals surface area contributed by atoms with Crippen LogP contribution in [-0.4, -0.2) is 60.1 Å². The zero-order valence-corrected chi connectivity index (χ0v) is 24.5. The van der Waals surface area contributed by atoms with Gasteiger partial charge in [0.25, 0.3) is 12.0 Å². The first-order valence-corrected chi connectivity index (χ1v) is 17.5. The summed E-state index contributed by atoms with van der Waals surface area (Å²) in [4.78, 5) is 18.2. The van der Waals surface area contributed by atoms with E-state index in [1.54, 1.807) is 10.7 Å². The predicted molar refractivity (Wildman–Crippen MR) is 155 cm³/mol. The van der Waals surface area contributed by atoms with Crippen LogP contribution in [0.4, 0.5) is 8.78 Å². The van der Waals surface area contributed by atoms with Crippen molar-refractivity contribution < 1.29 is 18.3 Å². The number of nitrogens with one attached hydrogen (secondary N) is 1. The smallest absolute Gasteiger partial charge is 0.274 e. The number of hydrogen-bond acceptors (Lipinski definition) is 7. The summed E-state index contributed by atoms with van der Waals surface area (Å²) in [6, 6.07) is 13.5. The SMILES string of the molecule is C[Si](C)(C)CCOCn1c(Cc2nn(C3CCNC3)c(=O)c3ccccc23)nc2cc(OCC(F)F)c(C#N)cc21. The average molecular weight is 581 g/mol. The second-order valence-corrected chi connectivity index (χ2v) is 17.1. The van der Waals surface area contributed by atoms with Crippen LogP contribution < -0.4 is 15.6 Å². The number of halogens is 2. The second-order valence-electron chi connectivity index (χ2n) is 11.5. The van der Waals surface area contributed by atoms with Crippen molar-refractivity contribution in [2.75, 3.05) is 26.3 Å². The molecule has 2 aromatic carbocycles. The molecule has 9 nitrogen and oxygen atoms in total. The van der Waals surface area contributed by atoms with Crippen molar-refractivity contribution in [3.8, 4) is 11.8 Å². The zero-order valence-electron chi connectivity index (χ0n) is 23.5. The van der Waals surface area contributed by atoms with Gasteiger partial charge in [-0.3, -0.25) is 4.79 Å². The summed E-state index contributed by atoms with van der Waals surface area (Å²) in [5, 5.41) is 19.2. The summed E-state index contributed by atoms with van der Waals surface area (Å²) in [6.45, 7) is 8.29. The maximum atomic E-state index is 13.3. The fraction of sp³-hybridized carbons (Fsp3) is 0.448. The van der Waals surface area contributed by atoms with Gasteiger partial charge in [-0.2, -0.15) is 10.4 Å². The normalized spacial score (nSPS) is 15.7. The molecule has 3 heterocycles. The molecule has 12 heteroatoms. The van der Waals surface area contributed by atoms with Crippen LogP contribution in [0.3, 0.4) is 0 Å².